The maximum Gasteiger partial charge on any atom is 0.305 e. The number of methoxy groups -OCH3 is 1. The number of benzene rings is 1. The number of esters is 1. The first kappa shape index (κ1) is 33.5. The van der Waals surface area contributed by atoms with Crippen LogP contribution in [0.5, 0.6) is 0 Å². The van der Waals surface area contributed by atoms with Crippen molar-refractivity contribution >= 4 is 5.97 Å². The lowest BCUT2D eigenvalue weighted by molar-refractivity contribution is -0.437. The van der Waals surface area contributed by atoms with Crippen molar-refractivity contribution in [3.63, 3.8) is 0 Å². The van der Waals surface area contributed by atoms with Gasteiger partial charge in [-0.05, 0) is 57.9 Å². The Morgan fingerprint density at radius 1 is 0.949 bits per heavy atom. The molecule has 0 aliphatic heterocycles. The van der Waals surface area contributed by atoms with Crippen LogP contribution in [0.3, 0.4) is 0 Å². The summed E-state index contributed by atoms with van der Waals surface area (Å²) < 4.78 is 11.3. The van der Waals surface area contributed by atoms with Crippen molar-refractivity contribution < 1.29 is 24.0 Å². The first-order chi connectivity index (χ1) is 18.9. The summed E-state index contributed by atoms with van der Waals surface area (Å²) in [6.45, 7) is 6.20. The van der Waals surface area contributed by atoms with Crippen molar-refractivity contribution in [2.24, 2.45) is 0 Å². The molecule has 0 saturated heterocycles. The van der Waals surface area contributed by atoms with E-state index in [-0.39, 0.29) is 18.2 Å². The quantitative estimate of drug-likeness (QED) is 0.0385. The van der Waals surface area contributed by atoms with Crippen molar-refractivity contribution in [1.82, 2.24) is 0 Å². The minimum atomic E-state index is -0.812. The molecule has 1 fully saturated rings. The number of carbonyl (C=O) groups is 1. The molecule has 1 aromatic rings. The monoisotopic (exact) mass is 544 g/mol. The highest BCUT2D eigenvalue weighted by molar-refractivity contribution is 5.68. The molecule has 0 aromatic heterocycles. The van der Waals surface area contributed by atoms with E-state index in [0.717, 1.165) is 57.8 Å². The number of ether oxygens (including phenoxy) is 2. The molecule has 0 heterocycles. The van der Waals surface area contributed by atoms with Gasteiger partial charge >= 0.3 is 5.97 Å². The molecule has 0 N–H and O–H groups in total. The van der Waals surface area contributed by atoms with Gasteiger partial charge in [0.25, 0.3) is 0 Å². The molecular formula is C34H56O5. The van der Waals surface area contributed by atoms with Gasteiger partial charge in [-0.2, -0.15) is 0 Å². The smallest absolute Gasteiger partial charge is 0.305 e. The molecule has 5 nitrogen and oxygen atoms in total. The molecule has 3 atom stereocenters. The van der Waals surface area contributed by atoms with Gasteiger partial charge in [0.05, 0.1) is 13.2 Å². The number of carbonyl (C=O) groups excluding carboxylic acids is 1. The molecule has 5 heteroatoms. The lowest BCUT2D eigenvalue weighted by Gasteiger charge is -2.37. The van der Waals surface area contributed by atoms with E-state index in [0.29, 0.717) is 12.3 Å². The second-order valence-electron chi connectivity index (χ2n) is 11.6. The third-order valence-electron chi connectivity index (χ3n) is 7.66. The zero-order chi connectivity index (χ0) is 28.2. The van der Waals surface area contributed by atoms with Crippen LogP contribution in [0.25, 0.3) is 0 Å². The van der Waals surface area contributed by atoms with E-state index in [9.17, 15) is 4.79 Å². The van der Waals surface area contributed by atoms with Crippen molar-refractivity contribution in [3.05, 3.63) is 48.0 Å². The minimum absolute atomic E-state index is 0.0640. The average Bonchev–Trinajstić information content (AvgIpc) is 2.94. The lowest BCUT2D eigenvalue weighted by atomic mass is 9.81. The van der Waals surface area contributed by atoms with Crippen LogP contribution in [0.15, 0.2) is 42.5 Å². The van der Waals surface area contributed by atoms with Crippen LogP contribution in [-0.2, 0) is 24.0 Å². The van der Waals surface area contributed by atoms with E-state index >= 15 is 0 Å². The Balaban J connectivity index is 1.80. The Morgan fingerprint density at radius 2 is 1.64 bits per heavy atom. The van der Waals surface area contributed by atoms with Gasteiger partial charge in [-0.25, -0.2) is 9.78 Å². The van der Waals surface area contributed by atoms with E-state index in [1.807, 2.05) is 13.8 Å². The summed E-state index contributed by atoms with van der Waals surface area (Å²) in [6, 6.07) is 10.8. The first-order valence-corrected chi connectivity index (χ1v) is 15.8. The molecule has 1 unspecified atom stereocenters. The Morgan fingerprint density at radius 3 is 2.41 bits per heavy atom. The van der Waals surface area contributed by atoms with Gasteiger partial charge in [0.2, 0.25) is 0 Å². The molecular weight excluding hydrogens is 488 g/mol. The van der Waals surface area contributed by atoms with Crippen LogP contribution in [0.2, 0.25) is 0 Å². The number of rotatable bonds is 21. The molecule has 0 amide bonds. The van der Waals surface area contributed by atoms with Crippen molar-refractivity contribution in [1.29, 1.82) is 0 Å². The van der Waals surface area contributed by atoms with Crippen LogP contribution < -0.4 is 0 Å². The van der Waals surface area contributed by atoms with E-state index in [1.54, 1.807) is 0 Å². The second kappa shape index (κ2) is 20.2. The number of hydrogen-bond acceptors (Lipinski definition) is 5. The van der Waals surface area contributed by atoms with Gasteiger partial charge in [0.1, 0.15) is 6.10 Å². The zero-order valence-electron chi connectivity index (χ0n) is 25.3. The molecule has 222 valence electrons. The Kier molecular flexibility index (Phi) is 17.4. The normalized spacial score (nSPS) is 18.9. The molecule has 1 saturated carbocycles. The lowest BCUT2D eigenvalue weighted by Crippen LogP contribution is -2.38. The van der Waals surface area contributed by atoms with Crippen molar-refractivity contribution in [2.45, 2.75) is 154 Å². The van der Waals surface area contributed by atoms with Gasteiger partial charge in [-0.1, -0.05) is 114 Å². The molecule has 2 rings (SSSR count). The number of allylic oxidation sites excluding steroid dienone is 1. The molecule has 1 aliphatic carbocycles. The Bertz CT molecular complexity index is 775. The van der Waals surface area contributed by atoms with Gasteiger partial charge in [-0.3, -0.25) is 4.79 Å². The summed E-state index contributed by atoms with van der Waals surface area (Å²) in [6.07, 6.45) is 23.3. The molecule has 0 spiro atoms. The summed E-state index contributed by atoms with van der Waals surface area (Å²) in [7, 11) is 1.45. The largest absolute Gasteiger partial charge is 0.469 e. The highest BCUT2D eigenvalue weighted by atomic mass is 17.2. The first-order valence-electron chi connectivity index (χ1n) is 15.8. The predicted molar refractivity (Wildman–Crippen MR) is 159 cm³/mol. The molecule has 39 heavy (non-hydrogen) atoms. The molecule has 0 bridgehead atoms. The summed E-state index contributed by atoms with van der Waals surface area (Å²) in [5, 5.41) is 0. The van der Waals surface area contributed by atoms with Crippen molar-refractivity contribution in [3.8, 4) is 0 Å². The summed E-state index contributed by atoms with van der Waals surface area (Å²) in [4.78, 5) is 23.2. The third-order valence-corrected chi connectivity index (χ3v) is 7.66. The Hall–Kier alpha value is -1.69. The van der Waals surface area contributed by atoms with Gasteiger partial charge in [0.15, 0.2) is 5.79 Å². The van der Waals surface area contributed by atoms with Crippen LogP contribution in [0, 0.1) is 0 Å². The number of unbranched alkanes of at least 4 members (excludes halogenated alkanes) is 9. The highest BCUT2D eigenvalue weighted by Crippen LogP contribution is 2.37. The molecule has 0 radical (unpaired) electrons. The fraction of sp³-hybridized carbons (Fsp3) is 0.735. The highest BCUT2D eigenvalue weighted by Gasteiger charge is 2.34. The zero-order valence-corrected chi connectivity index (χ0v) is 25.3. The predicted octanol–water partition coefficient (Wildman–Crippen LogP) is 9.60. The topological polar surface area (TPSA) is 54.0 Å². The maximum atomic E-state index is 11.2. The van der Waals surface area contributed by atoms with Gasteiger partial charge in [0, 0.05) is 12.3 Å². The van der Waals surface area contributed by atoms with Crippen LogP contribution in [0.1, 0.15) is 141 Å². The summed E-state index contributed by atoms with van der Waals surface area (Å²) in [5.41, 5.74) is 1.36. The van der Waals surface area contributed by atoms with Crippen LogP contribution in [0.4, 0.5) is 0 Å². The number of hydrogen-bond donors (Lipinski definition) is 0. The summed E-state index contributed by atoms with van der Waals surface area (Å²) >= 11 is 0. The van der Waals surface area contributed by atoms with Crippen molar-refractivity contribution in [2.75, 3.05) is 7.11 Å². The van der Waals surface area contributed by atoms with Gasteiger partial charge < -0.3 is 9.47 Å². The van der Waals surface area contributed by atoms with Crippen LogP contribution in [-0.4, -0.2) is 31.1 Å². The minimum Gasteiger partial charge on any atom is -0.469 e. The molecule has 1 aromatic carbocycles. The average molecular weight is 545 g/mol. The van der Waals surface area contributed by atoms with E-state index < -0.39 is 5.79 Å². The van der Waals surface area contributed by atoms with Crippen LogP contribution >= 0.6 is 0 Å². The standard InChI is InChI=1S/C34H56O5/c1-5-6-7-11-17-24-30(25-18-12-9-8-10-13-19-28-33(35)36-4)38-39-34(2,3)37-32-27-21-20-26-31(32)29-22-15-14-16-23-29/h14-16,18,22-23,25,30-32H,5-13,17,19-21,24,26-28H2,1-4H3/b25-18-/t30?,31-,32+/m0/s1. The Labute approximate surface area is 238 Å². The third kappa shape index (κ3) is 15.0. The van der Waals surface area contributed by atoms with E-state index in [4.69, 9.17) is 19.2 Å². The van der Waals surface area contributed by atoms with Gasteiger partial charge in [-0.15, -0.1) is 0 Å². The SMILES string of the molecule is CCCCCCCC(/C=C\CCCCCCCC(=O)OC)OOC(C)(C)O[C@@H]1CCCC[C@H]1c1ccccc1. The fourth-order valence-corrected chi connectivity index (χ4v) is 5.42. The summed E-state index contributed by atoms with van der Waals surface area (Å²) in [5.74, 6) is -0.519. The second-order valence-corrected chi connectivity index (χ2v) is 11.6. The van der Waals surface area contributed by atoms with E-state index in [2.05, 4.69) is 49.4 Å². The van der Waals surface area contributed by atoms with E-state index in [1.165, 1.54) is 57.6 Å². The molecule has 1 aliphatic rings. The maximum absolute atomic E-state index is 11.2. The fourth-order valence-electron chi connectivity index (χ4n) is 5.42.